The van der Waals surface area contributed by atoms with Crippen LogP contribution < -0.4 is 0 Å². The fourth-order valence-electron chi connectivity index (χ4n) is 3.90. The predicted molar refractivity (Wildman–Crippen MR) is 109 cm³/mol. The molecule has 0 saturated carbocycles. The molecular formula is C22H32N2O5. The quantitative estimate of drug-likeness (QED) is 0.752. The molecule has 2 aliphatic heterocycles. The molecule has 0 bridgehead atoms. The van der Waals surface area contributed by atoms with Crippen molar-refractivity contribution < 1.29 is 24.6 Å². The second kappa shape index (κ2) is 11.6. The standard InChI is InChI=1S/C20H30N2O.C2H2O4/c1-17-8-10-18(11-9-17)15-21-12-6-7-19(16-21)20(23)22-13-4-2-3-5-14-22;3-1(4)2(5)6/h8-11,19H,2-7,12-16H2,1H3;(H,3,4)(H,5,6). The lowest BCUT2D eigenvalue weighted by atomic mass is 9.96. The highest BCUT2D eigenvalue weighted by Crippen LogP contribution is 2.22. The normalized spacial score (nSPS) is 20.2. The molecule has 2 N–H and O–H groups in total. The van der Waals surface area contributed by atoms with E-state index in [2.05, 4.69) is 41.0 Å². The Labute approximate surface area is 172 Å². The minimum absolute atomic E-state index is 0.215. The van der Waals surface area contributed by atoms with Crippen molar-refractivity contribution in [2.45, 2.75) is 52.0 Å². The third-order valence-electron chi connectivity index (χ3n) is 5.48. The maximum absolute atomic E-state index is 12.8. The number of hydrogen-bond acceptors (Lipinski definition) is 4. The molecule has 1 amide bonds. The molecule has 2 saturated heterocycles. The third-order valence-corrected chi connectivity index (χ3v) is 5.48. The van der Waals surface area contributed by atoms with Gasteiger partial charge in [-0.3, -0.25) is 9.69 Å². The third kappa shape index (κ3) is 7.85. The van der Waals surface area contributed by atoms with Crippen LogP contribution in [0.25, 0.3) is 0 Å². The Kier molecular flexibility index (Phi) is 9.12. The number of hydrogen-bond donors (Lipinski definition) is 2. The van der Waals surface area contributed by atoms with Crippen LogP contribution in [-0.4, -0.2) is 64.0 Å². The Balaban J connectivity index is 0.000000438. The van der Waals surface area contributed by atoms with E-state index < -0.39 is 11.9 Å². The Morgan fingerprint density at radius 3 is 2.03 bits per heavy atom. The van der Waals surface area contributed by atoms with E-state index in [0.717, 1.165) is 45.6 Å². The summed E-state index contributed by atoms with van der Waals surface area (Å²) in [7, 11) is 0. The van der Waals surface area contributed by atoms with Crippen LogP contribution in [0.4, 0.5) is 0 Å². The number of likely N-dealkylation sites (tertiary alicyclic amines) is 2. The summed E-state index contributed by atoms with van der Waals surface area (Å²) in [6.45, 7) is 7.12. The Morgan fingerprint density at radius 2 is 1.48 bits per heavy atom. The summed E-state index contributed by atoms with van der Waals surface area (Å²) >= 11 is 0. The highest BCUT2D eigenvalue weighted by Gasteiger charge is 2.29. The number of amides is 1. The average molecular weight is 405 g/mol. The Hall–Kier alpha value is -2.41. The summed E-state index contributed by atoms with van der Waals surface area (Å²) < 4.78 is 0. The van der Waals surface area contributed by atoms with E-state index in [4.69, 9.17) is 19.8 Å². The summed E-state index contributed by atoms with van der Waals surface area (Å²) in [4.78, 5) is 35.7. The average Bonchev–Trinajstić information content (AvgIpc) is 2.99. The van der Waals surface area contributed by atoms with E-state index in [1.165, 1.54) is 36.8 Å². The summed E-state index contributed by atoms with van der Waals surface area (Å²) in [6.07, 6.45) is 7.16. The van der Waals surface area contributed by atoms with Gasteiger partial charge in [-0.15, -0.1) is 0 Å². The van der Waals surface area contributed by atoms with Crippen LogP contribution in [0.15, 0.2) is 24.3 Å². The van der Waals surface area contributed by atoms with Gasteiger partial charge in [-0.05, 0) is 44.7 Å². The van der Waals surface area contributed by atoms with Gasteiger partial charge < -0.3 is 15.1 Å². The summed E-state index contributed by atoms with van der Waals surface area (Å²) in [5.74, 6) is -3.02. The number of carbonyl (C=O) groups excluding carboxylic acids is 1. The smallest absolute Gasteiger partial charge is 0.414 e. The molecule has 7 heteroatoms. The van der Waals surface area contributed by atoms with Crippen molar-refractivity contribution in [3.8, 4) is 0 Å². The molecule has 3 rings (SSSR count). The predicted octanol–water partition coefficient (Wildman–Crippen LogP) is 2.77. The molecule has 1 unspecified atom stereocenters. The van der Waals surface area contributed by atoms with E-state index >= 15 is 0 Å². The van der Waals surface area contributed by atoms with Gasteiger partial charge in [0.1, 0.15) is 0 Å². The van der Waals surface area contributed by atoms with E-state index in [9.17, 15) is 4.79 Å². The van der Waals surface area contributed by atoms with E-state index in [1.54, 1.807) is 0 Å². The largest absolute Gasteiger partial charge is 0.473 e. The van der Waals surface area contributed by atoms with E-state index in [1.807, 2.05) is 0 Å². The van der Waals surface area contributed by atoms with Crippen molar-refractivity contribution >= 4 is 17.8 Å². The molecule has 0 aliphatic carbocycles. The fraction of sp³-hybridized carbons (Fsp3) is 0.591. The fourth-order valence-corrected chi connectivity index (χ4v) is 3.90. The van der Waals surface area contributed by atoms with Crippen LogP contribution in [-0.2, 0) is 20.9 Å². The molecule has 2 aliphatic rings. The van der Waals surface area contributed by atoms with E-state index in [-0.39, 0.29) is 5.92 Å². The number of carboxylic acids is 2. The van der Waals surface area contributed by atoms with Gasteiger partial charge >= 0.3 is 11.9 Å². The van der Waals surface area contributed by atoms with Crippen LogP contribution in [0.3, 0.4) is 0 Å². The first-order chi connectivity index (χ1) is 13.9. The van der Waals surface area contributed by atoms with Crippen LogP contribution in [0.1, 0.15) is 49.7 Å². The topological polar surface area (TPSA) is 98.2 Å². The Morgan fingerprint density at radius 1 is 0.897 bits per heavy atom. The van der Waals surface area contributed by atoms with Gasteiger partial charge in [-0.2, -0.15) is 0 Å². The molecule has 0 radical (unpaired) electrons. The van der Waals surface area contributed by atoms with Gasteiger partial charge in [-0.1, -0.05) is 42.7 Å². The van der Waals surface area contributed by atoms with Crippen molar-refractivity contribution in [3.05, 3.63) is 35.4 Å². The minimum Gasteiger partial charge on any atom is -0.473 e. The zero-order chi connectivity index (χ0) is 21.2. The summed E-state index contributed by atoms with van der Waals surface area (Å²) in [5.41, 5.74) is 2.67. The van der Waals surface area contributed by atoms with Gasteiger partial charge in [0.15, 0.2) is 0 Å². The van der Waals surface area contributed by atoms with Crippen molar-refractivity contribution in [1.29, 1.82) is 0 Å². The first kappa shape index (κ1) is 22.9. The van der Waals surface area contributed by atoms with E-state index in [0.29, 0.717) is 5.91 Å². The molecular weight excluding hydrogens is 372 g/mol. The van der Waals surface area contributed by atoms with Crippen molar-refractivity contribution in [2.24, 2.45) is 5.92 Å². The number of carbonyl (C=O) groups is 3. The lowest BCUT2D eigenvalue weighted by Gasteiger charge is -2.34. The molecule has 1 atom stereocenters. The summed E-state index contributed by atoms with van der Waals surface area (Å²) in [6, 6.07) is 8.80. The number of piperidine rings is 1. The molecule has 2 fully saturated rings. The van der Waals surface area contributed by atoms with Crippen LogP contribution >= 0.6 is 0 Å². The second-order valence-electron chi connectivity index (χ2n) is 7.91. The maximum atomic E-state index is 12.8. The van der Waals surface area contributed by atoms with Gasteiger partial charge in [0.05, 0.1) is 5.92 Å². The molecule has 2 heterocycles. The molecule has 7 nitrogen and oxygen atoms in total. The number of aliphatic carboxylic acids is 2. The molecule has 0 spiro atoms. The van der Waals surface area contributed by atoms with Gasteiger partial charge in [0.2, 0.25) is 5.91 Å². The van der Waals surface area contributed by atoms with Crippen LogP contribution in [0.5, 0.6) is 0 Å². The number of carboxylic acid groups (broad SMARTS) is 2. The number of benzene rings is 1. The van der Waals surface area contributed by atoms with Crippen molar-refractivity contribution in [2.75, 3.05) is 26.2 Å². The first-order valence-electron chi connectivity index (χ1n) is 10.4. The summed E-state index contributed by atoms with van der Waals surface area (Å²) in [5, 5.41) is 14.8. The molecule has 1 aromatic rings. The van der Waals surface area contributed by atoms with Crippen LogP contribution in [0.2, 0.25) is 0 Å². The highest BCUT2D eigenvalue weighted by molar-refractivity contribution is 6.27. The van der Waals surface area contributed by atoms with Crippen molar-refractivity contribution in [1.82, 2.24) is 9.80 Å². The van der Waals surface area contributed by atoms with Gasteiger partial charge in [-0.25, -0.2) is 9.59 Å². The SMILES string of the molecule is Cc1ccc(CN2CCCC(C(=O)N3CCCCCC3)C2)cc1.O=C(O)C(=O)O. The zero-order valence-electron chi connectivity index (χ0n) is 17.2. The molecule has 29 heavy (non-hydrogen) atoms. The maximum Gasteiger partial charge on any atom is 0.414 e. The Bertz CT molecular complexity index is 669. The first-order valence-corrected chi connectivity index (χ1v) is 10.4. The van der Waals surface area contributed by atoms with Gasteiger partial charge in [0, 0.05) is 26.2 Å². The minimum atomic E-state index is -1.82. The van der Waals surface area contributed by atoms with Crippen molar-refractivity contribution in [3.63, 3.8) is 0 Å². The molecule has 1 aromatic carbocycles. The zero-order valence-corrected chi connectivity index (χ0v) is 17.2. The lowest BCUT2D eigenvalue weighted by Crippen LogP contribution is -2.44. The lowest BCUT2D eigenvalue weighted by molar-refractivity contribution is -0.159. The molecule has 160 valence electrons. The number of nitrogens with zero attached hydrogens (tertiary/aromatic N) is 2. The highest BCUT2D eigenvalue weighted by atomic mass is 16.4. The molecule has 0 aromatic heterocycles. The number of aryl methyl sites for hydroxylation is 1. The second-order valence-corrected chi connectivity index (χ2v) is 7.91. The van der Waals surface area contributed by atoms with Crippen LogP contribution in [0, 0.1) is 12.8 Å². The number of rotatable bonds is 3. The monoisotopic (exact) mass is 404 g/mol. The van der Waals surface area contributed by atoms with Gasteiger partial charge in [0.25, 0.3) is 0 Å².